The van der Waals surface area contributed by atoms with Crippen molar-refractivity contribution in [3.63, 3.8) is 0 Å². The van der Waals surface area contributed by atoms with Gasteiger partial charge in [-0.05, 0) is 75.5 Å². The highest BCUT2D eigenvalue weighted by molar-refractivity contribution is 6.19. The van der Waals surface area contributed by atoms with E-state index in [-0.39, 0.29) is 5.41 Å². The summed E-state index contributed by atoms with van der Waals surface area (Å²) in [4.78, 5) is 0. The average molecular weight is 575 g/mol. The van der Waals surface area contributed by atoms with Crippen LogP contribution in [0, 0.1) is 0 Å². The summed E-state index contributed by atoms with van der Waals surface area (Å²) in [5, 5.41) is 7.83. The molecule has 0 bridgehead atoms. The van der Waals surface area contributed by atoms with Crippen LogP contribution < -0.4 is 0 Å². The van der Waals surface area contributed by atoms with Gasteiger partial charge in [-0.25, -0.2) is 0 Å². The molecular weight excluding hydrogens is 544 g/mol. The van der Waals surface area contributed by atoms with Crippen LogP contribution in [0.3, 0.4) is 0 Å². The van der Waals surface area contributed by atoms with Crippen LogP contribution in [0.4, 0.5) is 0 Å². The maximum Gasteiger partial charge on any atom is 0.0562 e. The van der Waals surface area contributed by atoms with Crippen LogP contribution in [0.15, 0.2) is 146 Å². The Morgan fingerprint density at radius 1 is 0.444 bits per heavy atom. The molecule has 0 atom stereocenters. The van der Waals surface area contributed by atoms with Crippen LogP contribution in [0.25, 0.3) is 76.9 Å². The molecular formula is C43H30N2. The molecule has 2 heteroatoms. The largest absolute Gasteiger partial charge is 0.309 e. The van der Waals surface area contributed by atoms with E-state index in [0.29, 0.717) is 0 Å². The van der Waals surface area contributed by atoms with Gasteiger partial charge < -0.3 is 9.13 Å². The number of rotatable bonds is 2. The molecule has 0 saturated carbocycles. The molecule has 45 heavy (non-hydrogen) atoms. The molecule has 10 rings (SSSR count). The van der Waals surface area contributed by atoms with Gasteiger partial charge in [-0.3, -0.25) is 0 Å². The van der Waals surface area contributed by atoms with Crippen LogP contribution in [0.5, 0.6) is 0 Å². The highest BCUT2D eigenvalue weighted by Crippen LogP contribution is 2.55. The van der Waals surface area contributed by atoms with Crippen LogP contribution in [-0.2, 0) is 5.41 Å². The molecule has 0 saturated heterocycles. The van der Waals surface area contributed by atoms with Crippen molar-refractivity contribution >= 4 is 54.4 Å². The molecule has 0 N–H and O–H groups in total. The topological polar surface area (TPSA) is 9.86 Å². The molecule has 0 unspecified atom stereocenters. The summed E-state index contributed by atoms with van der Waals surface area (Å²) >= 11 is 0. The van der Waals surface area contributed by atoms with Gasteiger partial charge in [0.15, 0.2) is 0 Å². The lowest BCUT2D eigenvalue weighted by Crippen LogP contribution is -2.15. The van der Waals surface area contributed by atoms with Gasteiger partial charge in [0, 0.05) is 32.6 Å². The third-order valence-electron chi connectivity index (χ3n) is 10.3. The van der Waals surface area contributed by atoms with E-state index >= 15 is 0 Å². The normalized spacial score (nSPS) is 13.7. The lowest BCUT2D eigenvalue weighted by Gasteiger charge is -2.23. The number of benzene rings is 7. The Labute approximate surface area is 261 Å². The Bertz CT molecular complexity index is 2670. The maximum atomic E-state index is 2.52. The number of hydrogen-bond donors (Lipinski definition) is 0. The molecule has 0 radical (unpaired) electrons. The second-order valence-electron chi connectivity index (χ2n) is 12.9. The Balaban J connectivity index is 1.36. The van der Waals surface area contributed by atoms with Crippen molar-refractivity contribution in [3.05, 3.63) is 157 Å². The first-order valence-electron chi connectivity index (χ1n) is 15.8. The first kappa shape index (κ1) is 24.8. The summed E-state index contributed by atoms with van der Waals surface area (Å²) in [5.41, 5.74) is 12.8. The van der Waals surface area contributed by atoms with Crippen molar-refractivity contribution in [1.82, 2.24) is 9.13 Å². The van der Waals surface area contributed by atoms with E-state index in [0.717, 1.165) is 0 Å². The summed E-state index contributed by atoms with van der Waals surface area (Å²) in [6.45, 7) is 4.82. The van der Waals surface area contributed by atoms with E-state index in [1.54, 1.807) is 0 Å². The van der Waals surface area contributed by atoms with Crippen molar-refractivity contribution in [2.24, 2.45) is 0 Å². The quantitative estimate of drug-likeness (QED) is 0.194. The molecule has 1 aliphatic rings. The van der Waals surface area contributed by atoms with Crippen molar-refractivity contribution in [2.75, 3.05) is 0 Å². The highest BCUT2D eigenvalue weighted by Gasteiger charge is 2.39. The van der Waals surface area contributed by atoms with Gasteiger partial charge >= 0.3 is 0 Å². The average Bonchev–Trinajstić information content (AvgIpc) is 3.68. The van der Waals surface area contributed by atoms with Gasteiger partial charge in [0.2, 0.25) is 0 Å². The number of aromatic nitrogens is 2. The van der Waals surface area contributed by atoms with Crippen molar-refractivity contribution < 1.29 is 0 Å². The molecule has 212 valence electrons. The van der Waals surface area contributed by atoms with Crippen molar-refractivity contribution in [3.8, 4) is 22.5 Å². The van der Waals surface area contributed by atoms with Gasteiger partial charge in [-0.2, -0.15) is 0 Å². The Kier molecular flexibility index (Phi) is 4.82. The molecule has 0 fully saturated rings. The van der Waals surface area contributed by atoms with E-state index in [4.69, 9.17) is 0 Å². The lowest BCUT2D eigenvalue weighted by atomic mass is 9.80. The third-order valence-corrected chi connectivity index (χ3v) is 10.3. The summed E-state index contributed by atoms with van der Waals surface area (Å²) in [5.74, 6) is 0. The molecule has 7 aromatic carbocycles. The maximum absolute atomic E-state index is 2.52. The SMILES string of the molecule is CC1(C)c2ccc3ccccc3c2-c2ccc3c(c21)c1ccccc1n3-c1cccc2c1c1ccccc1n2-c1ccccc1. The van der Waals surface area contributed by atoms with Crippen molar-refractivity contribution in [2.45, 2.75) is 19.3 Å². The molecule has 0 spiro atoms. The fraction of sp³-hybridized carbons (Fsp3) is 0.0698. The monoisotopic (exact) mass is 574 g/mol. The lowest BCUT2D eigenvalue weighted by molar-refractivity contribution is 0.667. The van der Waals surface area contributed by atoms with Gasteiger partial charge in [0.05, 0.1) is 27.8 Å². The minimum Gasteiger partial charge on any atom is -0.309 e. The van der Waals surface area contributed by atoms with Gasteiger partial charge in [0.1, 0.15) is 0 Å². The third kappa shape index (κ3) is 3.13. The molecule has 9 aromatic rings. The van der Waals surface area contributed by atoms with Crippen LogP contribution in [0.2, 0.25) is 0 Å². The Morgan fingerprint density at radius 3 is 1.87 bits per heavy atom. The van der Waals surface area contributed by atoms with E-state index in [2.05, 4.69) is 169 Å². The molecule has 0 amide bonds. The zero-order chi connectivity index (χ0) is 29.9. The summed E-state index contributed by atoms with van der Waals surface area (Å²) in [6, 6.07) is 53.6. The predicted octanol–water partition coefficient (Wildman–Crippen LogP) is 11.3. The fourth-order valence-electron chi connectivity index (χ4n) is 8.44. The van der Waals surface area contributed by atoms with E-state index < -0.39 is 0 Å². The molecule has 2 aromatic heterocycles. The smallest absolute Gasteiger partial charge is 0.0562 e. The summed E-state index contributed by atoms with van der Waals surface area (Å²) < 4.78 is 4.93. The summed E-state index contributed by atoms with van der Waals surface area (Å²) in [6.07, 6.45) is 0. The molecule has 0 aliphatic heterocycles. The Morgan fingerprint density at radius 2 is 1.07 bits per heavy atom. The van der Waals surface area contributed by atoms with Gasteiger partial charge in [-0.1, -0.05) is 117 Å². The Hall–Kier alpha value is -5.60. The number of para-hydroxylation sites is 3. The first-order valence-corrected chi connectivity index (χ1v) is 15.8. The zero-order valence-corrected chi connectivity index (χ0v) is 25.3. The van der Waals surface area contributed by atoms with Gasteiger partial charge in [0.25, 0.3) is 0 Å². The molecule has 2 heterocycles. The standard InChI is InChI=1S/C43H30N2/c1-43(2)33-25-23-27-13-6-7-16-29(27)39(33)32-24-26-38-41(42(32)43)31-18-9-11-20-35(31)45(38)37-22-12-21-36-40(37)30-17-8-10-19-34(30)44(36)28-14-4-3-5-15-28/h3-26H,1-2H3. The summed E-state index contributed by atoms with van der Waals surface area (Å²) in [7, 11) is 0. The van der Waals surface area contributed by atoms with E-state index in [1.807, 2.05) is 0 Å². The van der Waals surface area contributed by atoms with E-state index in [9.17, 15) is 0 Å². The zero-order valence-electron chi connectivity index (χ0n) is 25.3. The highest BCUT2D eigenvalue weighted by atomic mass is 15.0. The predicted molar refractivity (Wildman–Crippen MR) is 190 cm³/mol. The first-order chi connectivity index (χ1) is 22.1. The number of fused-ring (bicyclic) bond motifs is 12. The molecule has 2 nitrogen and oxygen atoms in total. The number of nitrogens with zero attached hydrogens (tertiary/aromatic N) is 2. The minimum atomic E-state index is -0.140. The van der Waals surface area contributed by atoms with Gasteiger partial charge in [-0.15, -0.1) is 0 Å². The second-order valence-corrected chi connectivity index (χ2v) is 12.9. The number of hydrogen-bond acceptors (Lipinski definition) is 0. The van der Waals surface area contributed by atoms with Crippen LogP contribution in [-0.4, -0.2) is 9.13 Å². The fourth-order valence-corrected chi connectivity index (χ4v) is 8.44. The van der Waals surface area contributed by atoms with Crippen molar-refractivity contribution in [1.29, 1.82) is 0 Å². The second kappa shape index (κ2) is 8.74. The van der Waals surface area contributed by atoms with E-state index in [1.165, 1.54) is 88.0 Å². The van der Waals surface area contributed by atoms with Crippen LogP contribution in [0.1, 0.15) is 25.0 Å². The minimum absolute atomic E-state index is 0.140. The van der Waals surface area contributed by atoms with Crippen LogP contribution >= 0.6 is 0 Å². The molecule has 1 aliphatic carbocycles.